The van der Waals surface area contributed by atoms with E-state index in [0.717, 1.165) is 6.42 Å². The smallest absolute Gasteiger partial charge is 0.169 e. The highest BCUT2D eigenvalue weighted by Gasteiger charge is 2.68. The first-order chi connectivity index (χ1) is 12.1. The molecule has 0 amide bonds. The van der Waals surface area contributed by atoms with Crippen molar-refractivity contribution in [2.24, 2.45) is 28.6 Å². The average molecular weight is 360 g/mol. The number of fused-ring (bicyclic) bond motifs is 5. The van der Waals surface area contributed by atoms with E-state index in [0.29, 0.717) is 37.7 Å². The largest absolute Gasteiger partial charge is 0.382 e. The molecule has 0 spiro atoms. The molecule has 26 heavy (non-hydrogen) atoms. The Hall–Kier alpha value is -1.33. The van der Waals surface area contributed by atoms with Crippen molar-refractivity contribution >= 4 is 17.3 Å². The minimum Gasteiger partial charge on any atom is -0.382 e. The standard InChI is InChI=1S/C21H28O5/c1-11(22)21(26)9-6-14-16-13(5-8-20(14,21)3)19(2)7-4-12(23)10-15(19)17(24)18(16)25/h10,13-14,16-17,24,26H,4-9H2,1-3H3/t13-,14-,16+,17+,19+,20-,21-/m0/s1. The third-order valence-corrected chi connectivity index (χ3v) is 8.58. The lowest BCUT2D eigenvalue weighted by Crippen LogP contribution is -2.61. The van der Waals surface area contributed by atoms with Gasteiger partial charge in [0, 0.05) is 17.8 Å². The predicted molar refractivity (Wildman–Crippen MR) is 94.1 cm³/mol. The molecule has 4 rings (SSSR count). The molecule has 5 nitrogen and oxygen atoms in total. The molecule has 3 fully saturated rings. The molecule has 0 aromatic carbocycles. The summed E-state index contributed by atoms with van der Waals surface area (Å²) in [5, 5.41) is 21.9. The van der Waals surface area contributed by atoms with Crippen molar-refractivity contribution in [3.05, 3.63) is 11.6 Å². The molecule has 7 atom stereocenters. The van der Waals surface area contributed by atoms with Gasteiger partial charge >= 0.3 is 0 Å². The lowest BCUT2D eigenvalue weighted by atomic mass is 9.45. The maximum atomic E-state index is 13.2. The molecule has 142 valence electrons. The molecule has 0 radical (unpaired) electrons. The summed E-state index contributed by atoms with van der Waals surface area (Å²) in [6.45, 7) is 5.46. The van der Waals surface area contributed by atoms with Crippen molar-refractivity contribution in [3.63, 3.8) is 0 Å². The van der Waals surface area contributed by atoms with Gasteiger partial charge in [-0.2, -0.15) is 0 Å². The summed E-state index contributed by atoms with van der Waals surface area (Å²) in [6, 6.07) is 0. The lowest BCUT2D eigenvalue weighted by Gasteiger charge is -2.58. The van der Waals surface area contributed by atoms with Gasteiger partial charge in [-0.05, 0) is 67.9 Å². The van der Waals surface area contributed by atoms with E-state index >= 15 is 0 Å². The number of aliphatic hydroxyl groups is 2. The second-order valence-corrected chi connectivity index (χ2v) is 9.44. The number of carbonyl (C=O) groups excluding carboxylic acids is 3. The van der Waals surface area contributed by atoms with E-state index < -0.39 is 17.1 Å². The summed E-state index contributed by atoms with van der Waals surface area (Å²) >= 11 is 0. The van der Waals surface area contributed by atoms with E-state index in [1.807, 2.05) is 6.92 Å². The Bertz CT molecular complexity index is 739. The Kier molecular flexibility index (Phi) is 3.72. The fourth-order valence-electron chi connectivity index (χ4n) is 6.91. The van der Waals surface area contributed by atoms with Crippen LogP contribution in [0.25, 0.3) is 0 Å². The number of rotatable bonds is 1. The minimum absolute atomic E-state index is 0.0183. The average Bonchev–Trinajstić information content (AvgIpc) is 2.87. The predicted octanol–water partition coefficient (Wildman–Crippen LogP) is 1.99. The molecule has 5 heteroatoms. The molecule has 0 aromatic rings. The van der Waals surface area contributed by atoms with Gasteiger partial charge in [0.15, 0.2) is 17.3 Å². The molecule has 0 heterocycles. The van der Waals surface area contributed by atoms with Crippen molar-refractivity contribution < 1.29 is 24.6 Å². The van der Waals surface area contributed by atoms with E-state index in [-0.39, 0.29) is 40.5 Å². The van der Waals surface area contributed by atoms with Gasteiger partial charge in [0.25, 0.3) is 0 Å². The van der Waals surface area contributed by atoms with Gasteiger partial charge in [0.1, 0.15) is 11.7 Å². The molecule has 0 unspecified atom stereocenters. The summed E-state index contributed by atoms with van der Waals surface area (Å²) in [7, 11) is 0. The fourth-order valence-corrected chi connectivity index (χ4v) is 6.91. The molecule has 2 N–H and O–H groups in total. The summed E-state index contributed by atoms with van der Waals surface area (Å²) in [4.78, 5) is 37.3. The normalized spacial score (nSPS) is 50.6. The maximum absolute atomic E-state index is 13.2. The van der Waals surface area contributed by atoms with Crippen LogP contribution in [0.5, 0.6) is 0 Å². The Morgan fingerprint density at radius 3 is 2.42 bits per heavy atom. The highest BCUT2D eigenvalue weighted by Crippen LogP contribution is 2.66. The second-order valence-electron chi connectivity index (χ2n) is 9.44. The number of aliphatic hydroxyl groups excluding tert-OH is 1. The zero-order chi connectivity index (χ0) is 19.1. The molecule has 0 bridgehead atoms. The quantitative estimate of drug-likeness (QED) is 0.746. The van der Waals surface area contributed by atoms with Crippen molar-refractivity contribution in [3.8, 4) is 0 Å². The Morgan fingerprint density at radius 1 is 1.12 bits per heavy atom. The van der Waals surface area contributed by atoms with E-state index in [2.05, 4.69) is 6.92 Å². The summed E-state index contributed by atoms with van der Waals surface area (Å²) in [5.74, 6) is -0.863. The number of carbonyl (C=O) groups is 3. The fraction of sp³-hybridized carbons (Fsp3) is 0.762. The first-order valence-electron chi connectivity index (χ1n) is 9.76. The zero-order valence-corrected chi connectivity index (χ0v) is 15.7. The van der Waals surface area contributed by atoms with Gasteiger partial charge in [-0.15, -0.1) is 0 Å². The number of hydrogen-bond donors (Lipinski definition) is 2. The van der Waals surface area contributed by atoms with Gasteiger partial charge < -0.3 is 10.2 Å². The first kappa shape index (κ1) is 18.1. The van der Waals surface area contributed by atoms with Crippen LogP contribution in [0.15, 0.2) is 11.6 Å². The van der Waals surface area contributed by atoms with Crippen LogP contribution < -0.4 is 0 Å². The van der Waals surface area contributed by atoms with Crippen LogP contribution in [-0.2, 0) is 14.4 Å². The highest BCUT2D eigenvalue weighted by molar-refractivity contribution is 5.97. The molecular formula is C21H28O5. The minimum atomic E-state index is -1.38. The van der Waals surface area contributed by atoms with E-state index in [1.54, 1.807) is 0 Å². The zero-order valence-electron chi connectivity index (χ0n) is 15.7. The van der Waals surface area contributed by atoms with Crippen molar-refractivity contribution in [1.82, 2.24) is 0 Å². The number of hydrogen-bond acceptors (Lipinski definition) is 5. The highest BCUT2D eigenvalue weighted by atomic mass is 16.3. The lowest BCUT2D eigenvalue weighted by molar-refractivity contribution is -0.169. The van der Waals surface area contributed by atoms with Gasteiger partial charge in [-0.3, -0.25) is 14.4 Å². The van der Waals surface area contributed by atoms with Crippen LogP contribution in [0.1, 0.15) is 59.3 Å². The third-order valence-electron chi connectivity index (χ3n) is 8.58. The topological polar surface area (TPSA) is 91.7 Å². The summed E-state index contributed by atoms with van der Waals surface area (Å²) in [5.41, 5.74) is -1.78. The summed E-state index contributed by atoms with van der Waals surface area (Å²) in [6.07, 6.45) is 3.79. The number of Topliss-reactive ketones (excluding diaryl/α,β-unsaturated/α-hetero) is 2. The van der Waals surface area contributed by atoms with E-state index in [1.165, 1.54) is 13.0 Å². The molecule has 0 aliphatic heterocycles. The van der Waals surface area contributed by atoms with E-state index in [4.69, 9.17) is 0 Å². The summed E-state index contributed by atoms with van der Waals surface area (Å²) < 4.78 is 0. The number of ketones is 3. The third kappa shape index (κ3) is 1.96. The molecule has 4 aliphatic carbocycles. The second kappa shape index (κ2) is 5.35. The van der Waals surface area contributed by atoms with Crippen LogP contribution in [-0.4, -0.2) is 39.3 Å². The van der Waals surface area contributed by atoms with Gasteiger partial charge in [0.05, 0.1) is 0 Å². The van der Waals surface area contributed by atoms with Crippen LogP contribution in [0, 0.1) is 28.6 Å². The molecular weight excluding hydrogens is 332 g/mol. The maximum Gasteiger partial charge on any atom is 0.169 e. The van der Waals surface area contributed by atoms with Gasteiger partial charge in [0.2, 0.25) is 0 Å². The van der Waals surface area contributed by atoms with Gasteiger partial charge in [-0.1, -0.05) is 13.8 Å². The Morgan fingerprint density at radius 2 is 1.77 bits per heavy atom. The Balaban J connectivity index is 1.80. The van der Waals surface area contributed by atoms with Crippen LogP contribution in [0.3, 0.4) is 0 Å². The van der Waals surface area contributed by atoms with Crippen molar-refractivity contribution in [2.45, 2.75) is 71.0 Å². The molecule has 4 aliphatic rings. The van der Waals surface area contributed by atoms with E-state index in [9.17, 15) is 24.6 Å². The first-order valence-corrected chi connectivity index (χ1v) is 9.76. The molecule has 0 aromatic heterocycles. The van der Waals surface area contributed by atoms with Crippen LogP contribution in [0.4, 0.5) is 0 Å². The van der Waals surface area contributed by atoms with Crippen LogP contribution >= 0.6 is 0 Å². The van der Waals surface area contributed by atoms with Crippen molar-refractivity contribution in [2.75, 3.05) is 0 Å². The van der Waals surface area contributed by atoms with Gasteiger partial charge in [-0.25, -0.2) is 0 Å². The monoisotopic (exact) mass is 360 g/mol. The van der Waals surface area contributed by atoms with Crippen LogP contribution in [0.2, 0.25) is 0 Å². The molecule has 3 saturated carbocycles. The SMILES string of the molecule is CC(=O)[C@@]1(O)CC[C@H]2[C@@H]3C(=O)[C@H](O)C4=CC(=O)CC[C@]4(C)[C@H]3CC[C@@]21C. The molecule has 0 saturated heterocycles. The van der Waals surface area contributed by atoms with Crippen molar-refractivity contribution in [1.29, 1.82) is 0 Å². The Labute approximate surface area is 153 Å².